The van der Waals surface area contributed by atoms with E-state index < -0.39 is 12.8 Å². The summed E-state index contributed by atoms with van der Waals surface area (Å²) >= 11 is 1.82. The predicted molar refractivity (Wildman–Crippen MR) is 98.4 cm³/mol. The fraction of sp³-hybridized carbons (Fsp3) is 0.588. The van der Waals surface area contributed by atoms with E-state index in [2.05, 4.69) is 21.9 Å². The van der Waals surface area contributed by atoms with Gasteiger partial charge in [0, 0.05) is 18.7 Å². The zero-order valence-electron chi connectivity index (χ0n) is 14.7. The van der Waals surface area contributed by atoms with Crippen LogP contribution in [0.1, 0.15) is 25.3 Å². The molecule has 0 saturated carbocycles. The maximum atomic E-state index is 12.3. The van der Waals surface area contributed by atoms with Gasteiger partial charge in [-0.1, -0.05) is 18.2 Å². The maximum Gasteiger partial charge on any atom is 0.422 e. The molecule has 142 valence electrons. The van der Waals surface area contributed by atoms with Gasteiger partial charge in [-0.2, -0.15) is 24.9 Å². The second-order valence-electron chi connectivity index (χ2n) is 5.33. The molecule has 0 fully saturated rings. The number of alkyl halides is 3. The fourth-order valence-electron chi connectivity index (χ4n) is 2.02. The van der Waals surface area contributed by atoms with Crippen LogP contribution in [0.2, 0.25) is 0 Å². The molecule has 1 aromatic rings. The number of hydrogen-bond acceptors (Lipinski definition) is 3. The van der Waals surface area contributed by atoms with Gasteiger partial charge in [-0.05, 0) is 37.8 Å². The number of halogens is 3. The standard InChI is InChI=1S/C17H26F3N3OS/c1-3-21-16(22-10-6-7-11-25-2)23-12-14-8-4-5-9-15(14)24-13-17(18,19)20/h4-5,8-9H,3,6-7,10-13H2,1-2H3,(H2,21,22,23). The second-order valence-corrected chi connectivity index (χ2v) is 6.32. The molecule has 2 N–H and O–H groups in total. The molecular formula is C17H26F3N3OS. The van der Waals surface area contributed by atoms with Gasteiger partial charge in [-0.25, -0.2) is 4.99 Å². The number of ether oxygens (including phenoxy) is 1. The molecule has 0 radical (unpaired) electrons. The van der Waals surface area contributed by atoms with Gasteiger partial charge in [0.1, 0.15) is 5.75 Å². The number of guanidine groups is 1. The van der Waals surface area contributed by atoms with Crippen LogP contribution in [-0.2, 0) is 6.54 Å². The molecule has 0 saturated heterocycles. The van der Waals surface area contributed by atoms with Crippen LogP contribution < -0.4 is 15.4 Å². The van der Waals surface area contributed by atoms with E-state index in [1.807, 2.05) is 18.7 Å². The van der Waals surface area contributed by atoms with Crippen molar-refractivity contribution in [2.24, 2.45) is 4.99 Å². The Kier molecular flexibility index (Phi) is 10.2. The summed E-state index contributed by atoms with van der Waals surface area (Å²) in [5, 5.41) is 6.37. The van der Waals surface area contributed by atoms with Crippen LogP contribution in [0, 0.1) is 0 Å². The minimum absolute atomic E-state index is 0.208. The third-order valence-electron chi connectivity index (χ3n) is 3.18. The average Bonchev–Trinajstić information content (AvgIpc) is 2.57. The fourth-order valence-corrected chi connectivity index (χ4v) is 2.51. The molecule has 0 atom stereocenters. The number of thioether (sulfide) groups is 1. The third kappa shape index (κ3) is 10.1. The van der Waals surface area contributed by atoms with Crippen molar-refractivity contribution in [1.82, 2.24) is 10.6 Å². The lowest BCUT2D eigenvalue weighted by molar-refractivity contribution is -0.153. The van der Waals surface area contributed by atoms with Gasteiger partial charge in [0.05, 0.1) is 6.54 Å². The Labute approximate surface area is 151 Å². The molecule has 0 bridgehead atoms. The largest absolute Gasteiger partial charge is 0.484 e. The number of para-hydroxylation sites is 1. The molecule has 8 heteroatoms. The van der Waals surface area contributed by atoms with Crippen molar-refractivity contribution < 1.29 is 17.9 Å². The van der Waals surface area contributed by atoms with Gasteiger partial charge in [0.25, 0.3) is 0 Å². The zero-order chi connectivity index (χ0) is 18.5. The van der Waals surface area contributed by atoms with Gasteiger partial charge in [0.15, 0.2) is 12.6 Å². The lowest BCUT2D eigenvalue weighted by atomic mass is 10.2. The van der Waals surface area contributed by atoms with Crippen LogP contribution in [0.3, 0.4) is 0 Å². The molecule has 0 amide bonds. The lowest BCUT2D eigenvalue weighted by Gasteiger charge is -2.14. The van der Waals surface area contributed by atoms with Crippen LogP contribution in [0.4, 0.5) is 13.2 Å². The molecular weight excluding hydrogens is 351 g/mol. The number of benzene rings is 1. The molecule has 25 heavy (non-hydrogen) atoms. The van der Waals surface area contributed by atoms with E-state index >= 15 is 0 Å². The van der Waals surface area contributed by atoms with E-state index in [4.69, 9.17) is 4.74 Å². The minimum Gasteiger partial charge on any atom is -0.484 e. The molecule has 0 aromatic heterocycles. The first-order valence-corrected chi connectivity index (χ1v) is 9.64. The van der Waals surface area contributed by atoms with Gasteiger partial charge in [-0.15, -0.1) is 0 Å². The molecule has 0 unspecified atom stereocenters. The van der Waals surface area contributed by atoms with Crippen LogP contribution in [0.5, 0.6) is 5.75 Å². The van der Waals surface area contributed by atoms with Crippen molar-refractivity contribution in [2.75, 3.05) is 31.7 Å². The summed E-state index contributed by atoms with van der Waals surface area (Å²) < 4.78 is 41.9. The summed E-state index contributed by atoms with van der Waals surface area (Å²) in [7, 11) is 0. The van der Waals surface area contributed by atoms with Gasteiger partial charge in [-0.3, -0.25) is 0 Å². The molecule has 0 heterocycles. The Bertz CT molecular complexity index is 524. The number of nitrogens with one attached hydrogen (secondary N) is 2. The highest BCUT2D eigenvalue weighted by Crippen LogP contribution is 2.22. The Morgan fingerprint density at radius 2 is 1.96 bits per heavy atom. The highest BCUT2D eigenvalue weighted by molar-refractivity contribution is 7.98. The molecule has 4 nitrogen and oxygen atoms in total. The first-order chi connectivity index (χ1) is 12.0. The average molecular weight is 377 g/mol. The molecule has 1 rings (SSSR count). The van der Waals surface area contributed by atoms with Crippen LogP contribution in [-0.4, -0.2) is 43.8 Å². The number of aliphatic imine (C=N–C) groups is 1. The number of hydrogen-bond donors (Lipinski definition) is 2. The first-order valence-electron chi connectivity index (χ1n) is 8.25. The Morgan fingerprint density at radius 1 is 1.20 bits per heavy atom. The molecule has 0 aliphatic rings. The van der Waals surface area contributed by atoms with Crippen molar-refractivity contribution in [3.8, 4) is 5.75 Å². The van der Waals surface area contributed by atoms with E-state index in [9.17, 15) is 13.2 Å². The zero-order valence-corrected chi connectivity index (χ0v) is 15.5. The second kappa shape index (κ2) is 11.9. The van der Waals surface area contributed by atoms with E-state index in [-0.39, 0.29) is 12.3 Å². The van der Waals surface area contributed by atoms with Crippen molar-refractivity contribution in [1.29, 1.82) is 0 Å². The quantitative estimate of drug-likeness (QED) is 0.370. The SMILES string of the molecule is CCNC(=NCc1ccccc1OCC(F)(F)F)NCCCCSC. The Morgan fingerprint density at radius 3 is 2.64 bits per heavy atom. The lowest BCUT2D eigenvalue weighted by Crippen LogP contribution is -2.37. The van der Waals surface area contributed by atoms with E-state index in [0.717, 1.165) is 25.1 Å². The van der Waals surface area contributed by atoms with E-state index in [0.29, 0.717) is 18.1 Å². The van der Waals surface area contributed by atoms with E-state index in [1.54, 1.807) is 18.2 Å². The number of nitrogens with zero attached hydrogens (tertiary/aromatic N) is 1. The normalized spacial score (nSPS) is 12.1. The summed E-state index contributed by atoms with van der Waals surface area (Å²) in [5.41, 5.74) is 0.617. The highest BCUT2D eigenvalue weighted by Gasteiger charge is 2.28. The summed E-state index contributed by atoms with van der Waals surface area (Å²) in [6, 6.07) is 6.65. The van der Waals surface area contributed by atoms with Gasteiger partial charge >= 0.3 is 6.18 Å². The summed E-state index contributed by atoms with van der Waals surface area (Å²) in [6.07, 6.45) is -0.112. The van der Waals surface area contributed by atoms with Crippen LogP contribution >= 0.6 is 11.8 Å². The predicted octanol–water partition coefficient (Wildman–Crippen LogP) is 3.83. The Hall–Kier alpha value is -1.57. The van der Waals surface area contributed by atoms with Crippen LogP contribution in [0.15, 0.2) is 29.3 Å². The maximum absolute atomic E-state index is 12.3. The third-order valence-corrected chi connectivity index (χ3v) is 3.88. The highest BCUT2D eigenvalue weighted by atomic mass is 32.2. The van der Waals surface area contributed by atoms with Crippen molar-refractivity contribution in [3.63, 3.8) is 0 Å². The van der Waals surface area contributed by atoms with Gasteiger partial charge < -0.3 is 15.4 Å². The Balaban J connectivity index is 2.62. The first kappa shape index (κ1) is 21.5. The topological polar surface area (TPSA) is 45.7 Å². The minimum atomic E-state index is -4.36. The monoisotopic (exact) mass is 377 g/mol. The number of rotatable bonds is 10. The molecule has 0 spiro atoms. The van der Waals surface area contributed by atoms with Gasteiger partial charge in [0.2, 0.25) is 0 Å². The summed E-state index contributed by atoms with van der Waals surface area (Å²) in [4.78, 5) is 4.43. The molecule has 0 aliphatic heterocycles. The molecule has 0 aliphatic carbocycles. The van der Waals surface area contributed by atoms with Crippen LogP contribution in [0.25, 0.3) is 0 Å². The van der Waals surface area contributed by atoms with Crippen molar-refractivity contribution in [3.05, 3.63) is 29.8 Å². The smallest absolute Gasteiger partial charge is 0.422 e. The van der Waals surface area contributed by atoms with Crippen molar-refractivity contribution >= 4 is 17.7 Å². The molecule has 1 aromatic carbocycles. The van der Waals surface area contributed by atoms with Crippen molar-refractivity contribution in [2.45, 2.75) is 32.5 Å². The summed E-state index contributed by atoms with van der Waals surface area (Å²) in [6.45, 7) is 2.42. The van der Waals surface area contributed by atoms with E-state index in [1.165, 1.54) is 6.07 Å². The summed E-state index contributed by atoms with van der Waals surface area (Å²) in [5.74, 6) is 1.98. The number of unbranched alkanes of at least 4 members (excludes halogenated alkanes) is 1.